The van der Waals surface area contributed by atoms with E-state index in [4.69, 9.17) is 5.11 Å². The molecule has 0 bridgehead atoms. The van der Waals surface area contributed by atoms with Crippen molar-refractivity contribution in [3.63, 3.8) is 0 Å². The molecule has 1 fully saturated rings. The molecular weight excluding hydrogens is 297 g/mol. The monoisotopic (exact) mass is 317 g/mol. The highest BCUT2D eigenvalue weighted by Gasteiger charge is 2.33. The Hall–Kier alpha value is -1.02. The molecule has 0 aromatic heterocycles. The van der Waals surface area contributed by atoms with Gasteiger partial charge in [0.1, 0.15) is 5.82 Å². The lowest BCUT2D eigenvalue weighted by Crippen LogP contribution is -2.41. The van der Waals surface area contributed by atoms with E-state index in [0.29, 0.717) is 18.5 Å². The SMILES string of the molecule is O=S1(=O)CC[C@@H](N(Cc2cccc(F)c2)C[C@H](O)CO)C1. The summed E-state index contributed by atoms with van der Waals surface area (Å²) in [6, 6.07) is 5.87. The Kier molecular flexibility index (Phi) is 5.32. The van der Waals surface area contributed by atoms with Crippen molar-refractivity contribution >= 4 is 9.84 Å². The number of aliphatic hydroxyl groups is 2. The van der Waals surface area contributed by atoms with Crippen molar-refractivity contribution in [3.8, 4) is 0 Å². The molecule has 1 saturated heterocycles. The van der Waals surface area contributed by atoms with Crippen molar-refractivity contribution < 1.29 is 23.0 Å². The second kappa shape index (κ2) is 6.83. The van der Waals surface area contributed by atoms with Crippen molar-refractivity contribution in [2.75, 3.05) is 24.7 Å². The summed E-state index contributed by atoms with van der Waals surface area (Å²) in [6.07, 6.45) is -0.447. The van der Waals surface area contributed by atoms with Crippen molar-refractivity contribution in [2.45, 2.75) is 25.1 Å². The fourth-order valence-electron chi connectivity index (χ4n) is 2.60. The maximum absolute atomic E-state index is 13.2. The van der Waals surface area contributed by atoms with E-state index in [2.05, 4.69) is 0 Å². The molecule has 5 nitrogen and oxygen atoms in total. The Bertz CT molecular complexity index is 578. The number of nitrogens with zero attached hydrogens (tertiary/aromatic N) is 1. The maximum Gasteiger partial charge on any atom is 0.151 e. The Labute approximate surface area is 123 Å². The standard InChI is InChI=1S/C14H20FNO4S/c15-12-3-1-2-11(6-12)7-16(8-14(18)9-17)13-4-5-21(19,20)10-13/h1-3,6,13-14,17-18H,4-5,7-10H2/t13-,14+/m1/s1. The summed E-state index contributed by atoms with van der Waals surface area (Å²) < 4.78 is 36.5. The van der Waals surface area contributed by atoms with Crippen molar-refractivity contribution in [1.29, 1.82) is 0 Å². The second-order valence-corrected chi connectivity index (χ2v) is 7.68. The summed E-state index contributed by atoms with van der Waals surface area (Å²) >= 11 is 0. The lowest BCUT2D eigenvalue weighted by atomic mass is 10.1. The van der Waals surface area contributed by atoms with Crippen LogP contribution in [0.4, 0.5) is 4.39 Å². The summed E-state index contributed by atoms with van der Waals surface area (Å²) in [5.74, 6) is -0.179. The van der Waals surface area contributed by atoms with Crippen molar-refractivity contribution in [1.82, 2.24) is 4.90 Å². The molecule has 0 spiro atoms. The van der Waals surface area contributed by atoms with Crippen LogP contribution in [0.1, 0.15) is 12.0 Å². The van der Waals surface area contributed by atoms with Gasteiger partial charge in [0, 0.05) is 19.1 Å². The van der Waals surface area contributed by atoms with Crippen LogP contribution in [0.3, 0.4) is 0 Å². The first-order valence-electron chi connectivity index (χ1n) is 6.87. The van der Waals surface area contributed by atoms with E-state index < -0.39 is 15.9 Å². The molecule has 21 heavy (non-hydrogen) atoms. The molecule has 118 valence electrons. The summed E-state index contributed by atoms with van der Waals surface area (Å²) in [4.78, 5) is 1.81. The Balaban J connectivity index is 2.12. The van der Waals surface area contributed by atoms with Crippen LogP contribution in [0, 0.1) is 5.82 Å². The zero-order valence-corrected chi connectivity index (χ0v) is 12.5. The first-order valence-corrected chi connectivity index (χ1v) is 8.69. The van der Waals surface area contributed by atoms with Gasteiger partial charge in [-0.2, -0.15) is 0 Å². The second-order valence-electron chi connectivity index (χ2n) is 5.45. The van der Waals surface area contributed by atoms with Gasteiger partial charge in [-0.15, -0.1) is 0 Å². The fourth-order valence-corrected chi connectivity index (χ4v) is 4.37. The lowest BCUT2D eigenvalue weighted by molar-refractivity contribution is 0.0447. The van der Waals surface area contributed by atoms with Crippen LogP contribution in [0.15, 0.2) is 24.3 Å². The van der Waals surface area contributed by atoms with Gasteiger partial charge >= 0.3 is 0 Å². The smallest absolute Gasteiger partial charge is 0.151 e. The Morgan fingerprint density at radius 2 is 2.19 bits per heavy atom. The molecule has 2 atom stereocenters. The molecular formula is C14H20FNO4S. The zero-order valence-electron chi connectivity index (χ0n) is 11.7. The number of rotatable bonds is 6. The predicted molar refractivity (Wildman–Crippen MR) is 77.0 cm³/mol. The van der Waals surface area contributed by atoms with E-state index >= 15 is 0 Å². The number of aliphatic hydroxyl groups excluding tert-OH is 2. The minimum Gasteiger partial charge on any atom is -0.394 e. The quantitative estimate of drug-likeness (QED) is 0.782. The average molecular weight is 317 g/mol. The molecule has 0 radical (unpaired) electrons. The third-order valence-corrected chi connectivity index (χ3v) is 5.41. The zero-order chi connectivity index (χ0) is 15.5. The molecule has 0 aliphatic carbocycles. The van der Waals surface area contributed by atoms with E-state index in [0.717, 1.165) is 0 Å². The molecule has 1 aromatic rings. The van der Waals surface area contributed by atoms with Gasteiger partial charge in [0.25, 0.3) is 0 Å². The average Bonchev–Trinajstić information content (AvgIpc) is 2.78. The van der Waals surface area contributed by atoms with E-state index in [-0.39, 0.29) is 36.5 Å². The van der Waals surface area contributed by atoms with Gasteiger partial charge < -0.3 is 10.2 Å². The maximum atomic E-state index is 13.2. The van der Waals surface area contributed by atoms with Gasteiger partial charge in [0.2, 0.25) is 0 Å². The summed E-state index contributed by atoms with van der Waals surface area (Å²) in [7, 11) is -3.04. The van der Waals surface area contributed by atoms with Gasteiger partial charge in [-0.1, -0.05) is 12.1 Å². The molecule has 0 unspecified atom stereocenters. The van der Waals surface area contributed by atoms with Crippen molar-refractivity contribution in [3.05, 3.63) is 35.6 Å². The molecule has 2 rings (SSSR count). The van der Waals surface area contributed by atoms with Crippen LogP contribution in [0.5, 0.6) is 0 Å². The molecule has 0 saturated carbocycles. The van der Waals surface area contributed by atoms with Gasteiger partial charge in [-0.05, 0) is 24.1 Å². The first kappa shape index (κ1) is 16.4. The summed E-state index contributed by atoms with van der Waals surface area (Å²) in [5, 5.41) is 18.6. The predicted octanol–water partition coefficient (Wildman–Crippen LogP) is 0.168. The van der Waals surface area contributed by atoms with Crippen LogP contribution in [0.25, 0.3) is 0 Å². The summed E-state index contributed by atoms with van der Waals surface area (Å²) in [6.45, 7) is 0.112. The van der Waals surface area contributed by atoms with Crippen LogP contribution in [-0.4, -0.2) is 60.3 Å². The minimum atomic E-state index is -3.04. The van der Waals surface area contributed by atoms with Crippen molar-refractivity contribution in [2.24, 2.45) is 0 Å². The summed E-state index contributed by atoms with van der Waals surface area (Å²) in [5.41, 5.74) is 0.712. The minimum absolute atomic E-state index is 0.0421. The first-order chi connectivity index (χ1) is 9.89. The van der Waals surface area contributed by atoms with Gasteiger partial charge in [0.15, 0.2) is 9.84 Å². The third kappa shape index (κ3) is 4.74. The van der Waals surface area contributed by atoms with Crippen LogP contribution in [-0.2, 0) is 16.4 Å². The molecule has 1 heterocycles. The fraction of sp³-hybridized carbons (Fsp3) is 0.571. The van der Waals surface area contributed by atoms with Gasteiger partial charge in [-0.25, -0.2) is 12.8 Å². The number of halogens is 1. The normalized spacial score (nSPS) is 22.6. The van der Waals surface area contributed by atoms with Crippen LogP contribution < -0.4 is 0 Å². The van der Waals surface area contributed by atoms with Crippen LogP contribution in [0.2, 0.25) is 0 Å². The van der Waals surface area contributed by atoms with Gasteiger partial charge in [0.05, 0.1) is 24.2 Å². The highest BCUT2D eigenvalue weighted by molar-refractivity contribution is 7.91. The largest absolute Gasteiger partial charge is 0.394 e. The highest BCUT2D eigenvalue weighted by Crippen LogP contribution is 2.20. The third-order valence-electron chi connectivity index (χ3n) is 3.66. The number of sulfone groups is 1. The van der Waals surface area contributed by atoms with E-state index in [1.54, 1.807) is 17.0 Å². The highest BCUT2D eigenvalue weighted by atomic mass is 32.2. The van der Waals surface area contributed by atoms with Crippen LogP contribution >= 0.6 is 0 Å². The Morgan fingerprint density at radius 3 is 2.76 bits per heavy atom. The van der Waals surface area contributed by atoms with E-state index in [1.165, 1.54) is 12.1 Å². The van der Waals surface area contributed by atoms with E-state index in [9.17, 15) is 17.9 Å². The molecule has 2 N–H and O–H groups in total. The molecule has 1 aliphatic rings. The van der Waals surface area contributed by atoms with E-state index in [1.807, 2.05) is 0 Å². The van der Waals surface area contributed by atoms with Gasteiger partial charge in [-0.3, -0.25) is 4.90 Å². The number of benzene rings is 1. The Morgan fingerprint density at radius 1 is 1.43 bits per heavy atom. The number of hydrogen-bond donors (Lipinski definition) is 2. The number of hydrogen-bond acceptors (Lipinski definition) is 5. The molecule has 1 aromatic carbocycles. The molecule has 0 amide bonds. The molecule has 1 aliphatic heterocycles. The topological polar surface area (TPSA) is 77.8 Å². The molecule has 7 heteroatoms. The lowest BCUT2D eigenvalue weighted by Gasteiger charge is -2.29.